The molecule has 0 aliphatic carbocycles. The highest BCUT2D eigenvalue weighted by Gasteiger charge is 2.16. The molecule has 0 aliphatic rings. The summed E-state index contributed by atoms with van der Waals surface area (Å²) in [6.45, 7) is 1.40. The SMILES string of the molecule is O=S(=O)(NCCNC/C=C(\c1ccccc1)c1ccc2ccccc2c1)c1cccc2cnccc12. The fourth-order valence-electron chi connectivity index (χ4n) is 4.33. The van der Waals surface area contributed by atoms with Crippen molar-refractivity contribution >= 4 is 37.1 Å². The first-order chi connectivity index (χ1) is 17.6. The van der Waals surface area contributed by atoms with Gasteiger partial charge in [-0.15, -0.1) is 0 Å². The highest BCUT2D eigenvalue weighted by atomic mass is 32.2. The number of hydrogen-bond donors (Lipinski definition) is 2. The number of benzene rings is 4. The average molecular weight is 494 g/mol. The van der Waals surface area contributed by atoms with Crippen molar-refractivity contribution in [1.29, 1.82) is 0 Å². The van der Waals surface area contributed by atoms with Gasteiger partial charge in [-0.05, 0) is 45.7 Å². The molecule has 0 radical (unpaired) electrons. The smallest absolute Gasteiger partial charge is 0.241 e. The van der Waals surface area contributed by atoms with Crippen LogP contribution in [0.3, 0.4) is 0 Å². The lowest BCUT2D eigenvalue weighted by molar-refractivity contribution is 0.579. The summed E-state index contributed by atoms with van der Waals surface area (Å²) in [5.74, 6) is 0. The van der Waals surface area contributed by atoms with E-state index < -0.39 is 10.0 Å². The number of pyridine rings is 1. The second-order valence-electron chi connectivity index (χ2n) is 8.50. The van der Waals surface area contributed by atoms with Crippen molar-refractivity contribution in [2.75, 3.05) is 19.6 Å². The fraction of sp³-hybridized carbons (Fsp3) is 0.100. The summed E-state index contributed by atoms with van der Waals surface area (Å²) in [6.07, 6.45) is 5.43. The maximum atomic E-state index is 12.9. The molecule has 0 amide bonds. The summed E-state index contributed by atoms with van der Waals surface area (Å²) < 4.78 is 28.5. The Morgan fingerprint density at radius 2 is 1.53 bits per heavy atom. The van der Waals surface area contributed by atoms with Crippen LogP contribution in [0.4, 0.5) is 0 Å². The van der Waals surface area contributed by atoms with Crippen LogP contribution >= 0.6 is 0 Å². The number of rotatable bonds is 9. The van der Waals surface area contributed by atoms with Crippen LogP contribution < -0.4 is 10.0 Å². The van der Waals surface area contributed by atoms with Gasteiger partial charge in [-0.2, -0.15) is 0 Å². The Bertz CT molecular complexity index is 1630. The molecule has 5 rings (SSSR count). The van der Waals surface area contributed by atoms with Crippen molar-refractivity contribution in [2.24, 2.45) is 0 Å². The summed E-state index contributed by atoms with van der Waals surface area (Å²) in [5.41, 5.74) is 3.42. The Hall–Kier alpha value is -3.84. The molecule has 0 spiro atoms. The summed E-state index contributed by atoms with van der Waals surface area (Å²) in [5, 5.41) is 7.21. The van der Waals surface area contributed by atoms with Crippen molar-refractivity contribution in [3.8, 4) is 0 Å². The molecule has 0 saturated heterocycles. The molecule has 5 aromatic rings. The molecule has 0 fully saturated rings. The third-order valence-corrected chi connectivity index (χ3v) is 7.64. The molecule has 1 aromatic heterocycles. The van der Waals surface area contributed by atoms with Crippen LogP contribution in [0.1, 0.15) is 11.1 Å². The van der Waals surface area contributed by atoms with E-state index in [0.29, 0.717) is 18.5 Å². The van der Waals surface area contributed by atoms with Crippen molar-refractivity contribution in [3.05, 3.63) is 127 Å². The van der Waals surface area contributed by atoms with Crippen LogP contribution in [0.2, 0.25) is 0 Å². The average Bonchev–Trinajstić information content (AvgIpc) is 2.92. The third-order valence-electron chi connectivity index (χ3n) is 6.12. The number of hydrogen-bond acceptors (Lipinski definition) is 4. The minimum absolute atomic E-state index is 0.268. The lowest BCUT2D eigenvalue weighted by Gasteiger charge is -2.12. The number of nitrogens with one attached hydrogen (secondary N) is 2. The van der Waals surface area contributed by atoms with E-state index in [1.54, 1.807) is 30.6 Å². The molecule has 0 saturated carbocycles. The first kappa shape index (κ1) is 23.9. The molecule has 0 bridgehead atoms. The van der Waals surface area contributed by atoms with Crippen molar-refractivity contribution in [1.82, 2.24) is 15.0 Å². The molecular formula is C30H27N3O2S. The summed E-state index contributed by atoms with van der Waals surface area (Å²) in [4.78, 5) is 4.34. The lowest BCUT2D eigenvalue weighted by atomic mass is 9.95. The zero-order chi connectivity index (χ0) is 24.8. The maximum absolute atomic E-state index is 12.9. The van der Waals surface area contributed by atoms with Gasteiger partial charge in [0, 0.05) is 42.8 Å². The Morgan fingerprint density at radius 1 is 0.750 bits per heavy atom. The van der Waals surface area contributed by atoms with E-state index in [9.17, 15) is 8.42 Å². The van der Waals surface area contributed by atoms with Gasteiger partial charge in [0.25, 0.3) is 0 Å². The molecule has 6 heteroatoms. The standard InChI is InChI=1S/C30H27N3O2S/c34-36(35,30-12-6-11-27-22-32-18-16-29(27)30)33-20-19-31-17-15-28(24-8-2-1-3-9-24)26-14-13-23-7-4-5-10-25(23)21-26/h1-16,18,21-22,31,33H,17,19-20H2/b28-15+. The Kier molecular flexibility index (Phi) is 7.18. The van der Waals surface area contributed by atoms with E-state index in [1.807, 2.05) is 30.3 Å². The Labute approximate surface area is 211 Å². The van der Waals surface area contributed by atoms with Crippen molar-refractivity contribution in [3.63, 3.8) is 0 Å². The van der Waals surface area contributed by atoms with E-state index in [1.165, 1.54) is 10.8 Å². The van der Waals surface area contributed by atoms with Crippen LogP contribution in [0.15, 0.2) is 120 Å². The lowest BCUT2D eigenvalue weighted by Crippen LogP contribution is -2.32. The molecule has 2 N–H and O–H groups in total. The van der Waals surface area contributed by atoms with E-state index >= 15 is 0 Å². The van der Waals surface area contributed by atoms with E-state index in [2.05, 4.69) is 69.6 Å². The molecular weight excluding hydrogens is 466 g/mol. The number of aromatic nitrogens is 1. The van der Waals surface area contributed by atoms with Crippen LogP contribution in [0.5, 0.6) is 0 Å². The Balaban J connectivity index is 1.26. The molecule has 4 aromatic carbocycles. The van der Waals surface area contributed by atoms with E-state index in [4.69, 9.17) is 0 Å². The molecule has 0 unspecified atom stereocenters. The van der Waals surface area contributed by atoms with Gasteiger partial charge in [0.05, 0.1) is 4.90 Å². The molecule has 0 aliphatic heterocycles. The number of fused-ring (bicyclic) bond motifs is 2. The van der Waals surface area contributed by atoms with Crippen LogP contribution in [-0.2, 0) is 10.0 Å². The van der Waals surface area contributed by atoms with Crippen LogP contribution in [0.25, 0.3) is 27.1 Å². The van der Waals surface area contributed by atoms with Gasteiger partial charge in [0.15, 0.2) is 0 Å². The van der Waals surface area contributed by atoms with Crippen molar-refractivity contribution < 1.29 is 8.42 Å². The topological polar surface area (TPSA) is 71.1 Å². The predicted molar refractivity (Wildman–Crippen MR) is 147 cm³/mol. The second kappa shape index (κ2) is 10.8. The molecule has 5 nitrogen and oxygen atoms in total. The summed E-state index contributed by atoms with van der Waals surface area (Å²) >= 11 is 0. The number of sulfonamides is 1. The van der Waals surface area contributed by atoms with Crippen LogP contribution in [0, 0.1) is 0 Å². The van der Waals surface area contributed by atoms with Gasteiger partial charge in [-0.1, -0.05) is 84.9 Å². The van der Waals surface area contributed by atoms with Gasteiger partial charge in [-0.3, -0.25) is 4.98 Å². The molecule has 1 heterocycles. The van der Waals surface area contributed by atoms with Gasteiger partial charge < -0.3 is 5.32 Å². The quantitative estimate of drug-likeness (QED) is 0.270. The Morgan fingerprint density at radius 3 is 2.39 bits per heavy atom. The molecule has 36 heavy (non-hydrogen) atoms. The minimum atomic E-state index is -3.63. The zero-order valence-electron chi connectivity index (χ0n) is 19.8. The fourth-order valence-corrected chi connectivity index (χ4v) is 5.59. The first-order valence-electron chi connectivity index (χ1n) is 11.9. The highest BCUT2D eigenvalue weighted by molar-refractivity contribution is 7.89. The maximum Gasteiger partial charge on any atom is 0.241 e. The predicted octanol–water partition coefficient (Wildman–Crippen LogP) is 5.39. The monoisotopic (exact) mass is 493 g/mol. The zero-order valence-corrected chi connectivity index (χ0v) is 20.6. The second-order valence-corrected chi connectivity index (χ2v) is 10.2. The molecule has 180 valence electrons. The van der Waals surface area contributed by atoms with Crippen molar-refractivity contribution in [2.45, 2.75) is 4.90 Å². The van der Waals surface area contributed by atoms with Crippen LogP contribution in [-0.4, -0.2) is 33.0 Å². The third kappa shape index (κ3) is 5.36. The van der Waals surface area contributed by atoms with Gasteiger partial charge in [-0.25, -0.2) is 13.1 Å². The largest absolute Gasteiger partial charge is 0.312 e. The molecule has 0 atom stereocenters. The summed E-state index contributed by atoms with van der Waals surface area (Å²) in [7, 11) is -3.63. The van der Waals surface area contributed by atoms with Gasteiger partial charge in [0.1, 0.15) is 0 Å². The highest BCUT2D eigenvalue weighted by Crippen LogP contribution is 2.26. The summed E-state index contributed by atoms with van der Waals surface area (Å²) in [6, 6.07) is 32.1. The normalized spacial score (nSPS) is 12.3. The first-order valence-corrected chi connectivity index (χ1v) is 13.4. The van der Waals surface area contributed by atoms with Gasteiger partial charge >= 0.3 is 0 Å². The van der Waals surface area contributed by atoms with E-state index in [0.717, 1.165) is 22.1 Å². The minimum Gasteiger partial charge on any atom is -0.312 e. The number of nitrogens with zero attached hydrogens (tertiary/aromatic N) is 1. The van der Waals surface area contributed by atoms with E-state index in [-0.39, 0.29) is 11.4 Å². The van der Waals surface area contributed by atoms with Gasteiger partial charge in [0.2, 0.25) is 10.0 Å².